The fraction of sp³-hybridized carbons (Fsp3) is 0.0909. The van der Waals surface area contributed by atoms with Gasteiger partial charge in [0, 0.05) is 12.4 Å². The van der Waals surface area contributed by atoms with Gasteiger partial charge < -0.3 is 10.3 Å². The van der Waals surface area contributed by atoms with Gasteiger partial charge in [-0.2, -0.15) is 4.98 Å². The lowest BCUT2D eigenvalue weighted by molar-refractivity contribution is 0.432. The standard InChI is InChI=1S/C11H9N5OS/c1-6-5-7(12)18-8(6)11-15-10(16-17-11)9-13-3-2-4-14-9/h2-5H,12H2,1H3. The molecule has 0 bridgehead atoms. The van der Waals surface area contributed by atoms with Crippen molar-refractivity contribution in [2.75, 3.05) is 5.73 Å². The Labute approximate surface area is 107 Å². The second kappa shape index (κ2) is 4.19. The fourth-order valence-electron chi connectivity index (χ4n) is 1.54. The van der Waals surface area contributed by atoms with Crippen LogP contribution in [-0.4, -0.2) is 20.1 Å². The molecule has 3 aromatic rings. The van der Waals surface area contributed by atoms with Gasteiger partial charge in [-0.25, -0.2) is 9.97 Å². The summed E-state index contributed by atoms with van der Waals surface area (Å²) in [5.41, 5.74) is 6.75. The molecule has 2 N–H and O–H groups in total. The number of anilines is 1. The van der Waals surface area contributed by atoms with E-state index in [1.807, 2.05) is 13.0 Å². The van der Waals surface area contributed by atoms with Crippen LogP contribution in [0.2, 0.25) is 0 Å². The molecule has 0 saturated heterocycles. The summed E-state index contributed by atoms with van der Waals surface area (Å²) in [4.78, 5) is 13.3. The zero-order chi connectivity index (χ0) is 12.5. The minimum absolute atomic E-state index is 0.372. The molecule has 0 aliphatic carbocycles. The van der Waals surface area contributed by atoms with Crippen LogP contribution < -0.4 is 5.73 Å². The highest BCUT2D eigenvalue weighted by Crippen LogP contribution is 2.33. The molecule has 0 aliphatic rings. The molecule has 0 aromatic carbocycles. The highest BCUT2D eigenvalue weighted by molar-refractivity contribution is 7.19. The van der Waals surface area contributed by atoms with Crippen LogP contribution in [0.15, 0.2) is 29.0 Å². The third kappa shape index (κ3) is 1.84. The quantitative estimate of drug-likeness (QED) is 0.758. The van der Waals surface area contributed by atoms with E-state index in [2.05, 4.69) is 20.1 Å². The van der Waals surface area contributed by atoms with Crippen LogP contribution in [0, 0.1) is 6.92 Å². The number of nitrogens with two attached hydrogens (primary N) is 1. The van der Waals surface area contributed by atoms with Crippen molar-refractivity contribution in [1.82, 2.24) is 20.1 Å². The zero-order valence-electron chi connectivity index (χ0n) is 9.49. The van der Waals surface area contributed by atoms with E-state index in [4.69, 9.17) is 10.3 Å². The van der Waals surface area contributed by atoms with Crippen molar-refractivity contribution in [2.45, 2.75) is 6.92 Å². The van der Waals surface area contributed by atoms with Gasteiger partial charge in [-0.05, 0) is 24.6 Å². The Morgan fingerprint density at radius 2 is 2.00 bits per heavy atom. The molecule has 0 radical (unpaired) electrons. The molecule has 3 rings (SSSR count). The normalized spacial score (nSPS) is 10.7. The highest BCUT2D eigenvalue weighted by atomic mass is 32.1. The van der Waals surface area contributed by atoms with Gasteiger partial charge in [0.1, 0.15) is 0 Å². The SMILES string of the molecule is Cc1cc(N)sc1-c1nc(-c2ncccn2)no1. The second-order valence-corrected chi connectivity index (χ2v) is 4.74. The van der Waals surface area contributed by atoms with E-state index in [1.54, 1.807) is 18.5 Å². The molecule has 0 spiro atoms. The third-order valence-corrected chi connectivity index (χ3v) is 3.38. The molecule has 0 amide bonds. The van der Waals surface area contributed by atoms with E-state index in [1.165, 1.54) is 11.3 Å². The summed E-state index contributed by atoms with van der Waals surface area (Å²) >= 11 is 1.42. The second-order valence-electron chi connectivity index (χ2n) is 3.66. The molecule has 0 unspecified atom stereocenters. The van der Waals surface area contributed by atoms with Crippen LogP contribution in [-0.2, 0) is 0 Å². The van der Waals surface area contributed by atoms with Gasteiger partial charge in [0.15, 0.2) is 0 Å². The maximum atomic E-state index is 5.74. The van der Waals surface area contributed by atoms with E-state index in [-0.39, 0.29) is 0 Å². The summed E-state index contributed by atoms with van der Waals surface area (Å²) in [7, 11) is 0. The zero-order valence-corrected chi connectivity index (χ0v) is 10.3. The van der Waals surface area contributed by atoms with Crippen molar-refractivity contribution < 1.29 is 4.52 Å². The predicted molar refractivity (Wildman–Crippen MR) is 67.8 cm³/mol. The molecular formula is C11H9N5OS. The molecule has 7 heteroatoms. The molecule has 6 nitrogen and oxygen atoms in total. The largest absolute Gasteiger partial charge is 0.391 e. The lowest BCUT2D eigenvalue weighted by Crippen LogP contribution is -1.88. The third-order valence-electron chi connectivity index (χ3n) is 2.32. The number of nitrogens with zero attached hydrogens (tertiary/aromatic N) is 4. The number of aryl methyl sites for hydroxylation is 1. The van der Waals surface area contributed by atoms with E-state index < -0.39 is 0 Å². The van der Waals surface area contributed by atoms with Crippen molar-refractivity contribution >= 4 is 16.3 Å². The maximum Gasteiger partial charge on any atom is 0.268 e. The van der Waals surface area contributed by atoms with Gasteiger partial charge in [-0.15, -0.1) is 11.3 Å². The number of rotatable bonds is 2. The van der Waals surface area contributed by atoms with Crippen molar-refractivity contribution in [1.29, 1.82) is 0 Å². The smallest absolute Gasteiger partial charge is 0.268 e. The first-order chi connectivity index (χ1) is 8.74. The monoisotopic (exact) mass is 259 g/mol. The number of hydrogen-bond donors (Lipinski definition) is 1. The van der Waals surface area contributed by atoms with Gasteiger partial charge in [-0.1, -0.05) is 5.16 Å². The average molecular weight is 259 g/mol. The van der Waals surface area contributed by atoms with Crippen molar-refractivity contribution in [3.63, 3.8) is 0 Å². The average Bonchev–Trinajstić information content (AvgIpc) is 2.97. The summed E-state index contributed by atoms with van der Waals surface area (Å²) in [5.74, 6) is 1.25. The van der Waals surface area contributed by atoms with E-state index in [0.717, 1.165) is 15.4 Å². The molecular weight excluding hydrogens is 250 g/mol. The lowest BCUT2D eigenvalue weighted by Gasteiger charge is -1.89. The number of thiophene rings is 1. The number of nitrogen functional groups attached to an aromatic ring is 1. The molecule has 90 valence electrons. The van der Waals surface area contributed by atoms with Gasteiger partial charge in [0.05, 0.1) is 9.88 Å². The van der Waals surface area contributed by atoms with Gasteiger partial charge >= 0.3 is 0 Å². The lowest BCUT2D eigenvalue weighted by atomic mass is 10.3. The number of aromatic nitrogens is 4. The summed E-state index contributed by atoms with van der Waals surface area (Å²) in [6.45, 7) is 1.95. The van der Waals surface area contributed by atoms with Crippen LogP contribution in [0.4, 0.5) is 5.00 Å². The Balaban J connectivity index is 2.02. The van der Waals surface area contributed by atoms with Crippen LogP contribution >= 0.6 is 11.3 Å². The first kappa shape index (κ1) is 10.8. The molecule has 0 atom stereocenters. The minimum Gasteiger partial charge on any atom is -0.391 e. The molecule has 3 aromatic heterocycles. The van der Waals surface area contributed by atoms with Crippen LogP contribution in [0.1, 0.15) is 5.56 Å². The summed E-state index contributed by atoms with van der Waals surface area (Å²) < 4.78 is 5.21. The Kier molecular flexibility index (Phi) is 2.52. The van der Waals surface area contributed by atoms with Gasteiger partial charge in [0.25, 0.3) is 5.89 Å². The van der Waals surface area contributed by atoms with Crippen LogP contribution in [0.25, 0.3) is 22.4 Å². The molecule has 0 fully saturated rings. The maximum absolute atomic E-state index is 5.74. The van der Waals surface area contributed by atoms with Crippen molar-refractivity contribution in [2.24, 2.45) is 0 Å². The summed E-state index contributed by atoms with van der Waals surface area (Å²) in [6, 6.07) is 3.61. The molecule has 18 heavy (non-hydrogen) atoms. The Morgan fingerprint density at radius 1 is 1.22 bits per heavy atom. The Morgan fingerprint density at radius 3 is 2.67 bits per heavy atom. The van der Waals surface area contributed by atoms with Gasteiger partial charge in [0.2, 0.25) is 11.6 Å². The molecule has 0 saturated carbocycles. The van der Waals surface area contributed by atoms with E-state index >= 15 is 0 Å². The van der Waals surface area contributed by atoms with Crippen LogP contribution in [0.3, 0.4) is 0 Å². The number of hydrogen-bond acceptors (Lipinski definition) is 7. The molecule has 0 aliphatic heterocycles. The van der Waals surface area contributed by atoms with E-state index in [0.29, 0.717) is 17.5 Å². The van der Waals surface area contributed by atoms with Crippen molar-refractivity contribution in [3.8, 4) is 22.4 Å². The fourth-order valence-corrected chi connectivity index (χ4v) is 2.40. The van der Waals surface area contributed by atoms with Gasteiger partial charge in [-0.3, -0.25) is 0 Å². The minimum atomic E-state index is 0.372. The first-order valence-corrected chi connectivity index (χ1v) is 6.03. The highest BCUT2D eigenvalue weighted by Gasteiger charge is 2.16. The topological polar surface area (TPSA) is 90.7 Å². The van der Waals surface area contributed by atoms with E-state index in [9.17, 15) is 0 Å². The molecule has 3 heterocycles. The Bertz CT molecular complexity index is 676. The van der Waals surface area contributed by atoms with Crippen molar-refractivity contribution in [3.05, 3.63) is 30.1 Å². The summed E-state index contributed by atoms with van der Waals surface area (Å²) in [6.07, 6.45) is 3.26. The first-order valence-electron chi connectivity index (χ1n) is 5.21. The van der Waals surface area contributed by atoms with Crippen LogP contribution in [0.5, 0.6) is 0 Å². The Hall–Kier alpha value is -2.28. The predicted octanol–water partition coefficient (Wildman–Crippen LogP) is 2.15. The summed E-state index contributed by atoms with van der Waals surface area (Å²) in [5, 5.41) is 4.59.